The summed E-state index contributed by atoms with van der Waals surface area (Å²) >= 11 is 0. The molecule has 0 saturated heterocycles. The van der Waals surface area contributed by atoms with Crippen LogP contribution in [0.25, 0.3) is 0 Å². The molecular formula is C7H10F2N2O. The van der Waals surface area contributed by atoms with Crippen molar-refractivity contribution in [2.75, 3.05) is 0 Å². The Hall–Kier alpha value is -0.970. The number of hydrogen-bond donors (Lipinski definition) is 1. The summed E-state index contributed by atoms with van der Waals surface area (Å²) in [6, 6.07) is 0.430. The van der Waals surface area contributed by atoms with E-state index in [0.29, 0.717) is 11.5 Å². The summed E-state index contributed by atoms with van der Waals surface area (Å²) in [5, 5.41) is 3.55. The van der Waals surface area contributed by atoms with Crippen molar-refractivity contribution in [3.63, 3.8) is 0 Å². The second-order valence-corrected chi connectivity index (χ2v) is 2.64. The Kier molecular flexibility index (Phi) is 2.75. The van der Waals surface area contributed by atoms with E-state index >= 15 is 0 Å². The fourth-order valence-corrected chi connectivity index (χ4v) is 0.834. The van der Waals surface area contributed by atoms with E-state index in [1.807, 2.05) is 0 Å². The van der Waals surface area contributed by atoms with Gasteiger partial charge >= 0.3 is 0 Å². The molecule has 0 aliphatic rings. The molecule has 0 bridgehead atoms. The molecule has 5 heteroatoms. The molecule has 1 atom stereocenters. The lowest BCUT2D eigenvalue weighted by Gasteiger charge is -2.06. The van der Waals surface area contributed by atoms with Gasteiger partial charge in [-0.15, -0.1) is 0 Å². The molecule has 1 aromatic heterocycles. The maximum absolute atomic E-state index is 11.9. The maximum atomic E-state index is 11.9. The Morgan fingerprint density at radius 1 is 1.67 bits per heavy atom. The highest BCUT2D eigenvalue weighted by molar-refractivity contribution is 5.04. The van der Waals surface area contributed by atoms with Crippen LogP contribution in [0.4, 0.5) is 8.78 Å². The van der Waals surface area contributed by atoms with Crippen LogP contribution in [-0.4, -0.2) is 17.6 Å². The molecule has 1 aromatic rings. The first-order chi connectivity index (χ1) is 5.59. The fraction of sp³-hybridized carbons (Fsp3) is 0.571. The van der Waals surface area contributed by atoms with Gasteiger partial charge in [0.25, 0.3) is 6.43 Å². The van der Waals surface area contributed by atoms with Gasteiger partial charge in [-0.3, -0.25) is 0 Å². The molecule has 0 fully saturated rings. The highest BCUT2D eigenvalue weighted by atomic mass is 19.3. The summed E-state index contributed by atoms with van der Waals surface area (Å²) in [6.45, 7) is 1.72. The SMILES string of the molecule is Cc1cc(CC(N)C(F)F)on1. The van der Waals surface area contributed by atoms with Crippen molar-refractivity contribution in [1.29, 1.82) is 0 Å². The van der Waals surface area contributed by atoms with Crippen LogP contribution in [0.5, 0.6) is 0 Å². The van der Waals surface area contributed by atoms with Crippen LogP contribution in [0.2, 0.25) is 0 Å². The molecule has 0 amide bonds. The lowest BCUT2D eigenvalue weighted by molar-refractivity contribution is 0.112. The van der Waals surface area contributed by atoms with Gasteiger partial charge in [-0.05, 0) is 6.92 Å². The zero-order valence-electron chi connectivity index (χ0n) is 6.63. The van der Waals surface area contributed by atoms with E-state index in [1.54, 1.807) is 13.0 Å². The molecule has 0 saturated carbocycles. The van der Waals surface area contributed by atoms with E-state index in [2.05, 4.69) is 5.16 Å². The Balaban J connectivity index is 2.52. The number of nitrogens with zero attached hydrogens (tertiary/aromatic N) is 1. The number of hydrogen-bond acceptors (Lipinski definition) is 3. The summed E-state index contributed by atoms with van der Waals surface area (Å²) in [7, 11) is 0. The quantitative estimate of drug-likeness (QED) is 0.750. The van der Waals surface area contributed by atoms with Gasteiger partial charge in [-0.2, -0.15) is 0 Å². The van der Waals surface area contributed by atoms with Crippen LogP contribution in [-0.2, 0) is 6.42 Å². The van der Waals surface area contributed by atoms with Crippen LogP contribution < -0.4 is 5.73 Å². The Labute approximate surface area is 68.5 Å². The molecule has 1 heterocycles. The first kappa shape index (κ1) is 9.12. The molecule has 3 nitrogen and oxygen atoms in total. The van der Waals surface area contributed by atoms with Crippen molar-refractivity contribution in [2.24, 2.45) is 5.73 Å². The maximum Gasteiger partial charge on any atom is 0.253 e. The molecule has 0 radical (unpaired) electrons. The number of nitrogens with two attached hydrogens (primary N) is 1. The van der Waals surface area contributed by atoms with Crippen molar-refractivity contribution < 1.29 is 13.3 Å². The van der Waals surface area contributed by atoms with Crippen LogP contribution in [0.15, 0.2) is 10.6 Å². The van der Waals surface area contributed by atoms with Gasteiger partial charge in [0.1, 0.15) is 5.76 Å². The first-order valence-corrected chi connectivity index (χ1v) is 3.55. The lowest BCUT2D eigenvalue weighted by atomic mass is 10.2. The van der Waals surface area contributed by atoms with Gasteiger partial charge in [-0.25, -0.2) is 8.78 Å². The van der Waals surface area contributed by atoms with Gasteiger partial charge in [0.15, 0.2) is 0 Å². The minimum Gasteiger partial charge on any atom is -0.361 e. The third-order valence-electron chi connectivity index (χ3n) is 1.44. The fourth-order valence-electron chi connectivity index (χ4n) is 0.834. The highest BCUT2D eigenvalue weighted by Crippen LogP contribution is 2.08. The lowest BCUT2D eigenvalue weighted by Crippen LogP contribution is -2.30. The predicted octanol–water partition coefficient (Wildman–Crippen LogP) is 1.12. The summed E-state index contributed by atoms with van der Waals surface area (Å²) in [6.07, 6.45) is -2.49. The molecular weight excluding hydrogens is 166 g/mol. The molecule has 1 rings (SSSR count). The van der Waals surface area contributed by atoms with Crippen molar-refractivity contribution in [3.05, 3.63) is 17.5 Å². The van der Waals surface area contributed by atoms with Gasteiger partial charge in [0, 0.05) is 12.5 Å². The van der Waals surface area contributed by atoms with Crippen LogP contribution in [0, 0.1) is 6.92 Å². The largest absolute Gasteiger partial charge is 0.361 e. The van der Waals surface area contributed by atoms with E-state index in [0.717, 1.165) is 0 Å². The second-order valence-electron chi connectivity index (χ2n) is 2.64. The molecule has 0 spiro atoms. The Morgan fingerprint density at radius 2 is 2.33 bits per heavy atom. The zero-order valence-corrected chi connectivity index (χ0v) is 6.63. The number of alkyl halides is 2. The predicted molar refractivity (Wildman–Crippen MR) is 38.9 cm³/mol. The Bertz CT molecular complexity index is 249. The van der Waals surface area contributed by atoms with Crippen LogP contribution in [0.3, 0.4) is 0 Å². The minimum atomic E-state index is -2.52. The second kappa shape index (κ2) is 3.62. The van der Waals surface area contributed by atoms with Gasteiger partial charge in [0.05, 0.1) is 11.7 Å². The van der Waals surface area contributed by atoms with Gasteiger partial charge in [0.2, 0.25) is 0 Å². The average Bonchev–Trinajstić information content (AvgIpc) is 2.35. The summed E-state index contributed by atoms with van der Waals surface area (Å²) in [5.41, 5.74) is 5.79. The van der Waals surface area contributed by atoms with Gasteiger partial charge in [-0.1, -0.05) is 5.16 Å². The van der Waals surface area contributed by atoms with Crippen molar-refractivity contribution in [1.82, 2.24) is 5.16 Å². The smallest absolute Gasteiger partial charge is 0.253 e. The molecule has 68 valence electrons. The van der Waals surface area contributed by atoms with Crippen molar-refractivity contribution in [2.45, 2.75) is 25.8 Å². The molecule has 0 aliphatic heterocycles. The summed E-state index contributed by atoms with van der Waals surface area (Å²) in [5.74, 6) is 0.403. The number of aromatic nitrogens is 1. The monoisotopic (exact) mass is 176 g/mol. The zero-order chi connectivity index (χ0) is 9.14. The molecule has 0 aliphatic carbocycles. The number of aryl methyl sites for hydroxylation is 1. The summed E-state index contributed by atoms with van der Waals surface area (Å²) < 4.78 is 28.6. The average molecular weight is 176 g/mol. The molecule has 2 N–H and O–H groups in total. The topological polar surface area (TPSA) is 52.0 Å². The van der Waals surface area contributed by atoms with Crippen molar-refractivity contribution >= 4 is 0 Å². The van der Waals surface area contributed by atoms with Gasteiger partial charge < -0.3 is 10.3 Å². The minimum absolute atomic E-state index is 0.0263. The van der Waals surface area contributed by atoms with E-state index in [1.165, 1.54) is 0 Å². The standard InChI is InChI=1S/C7H10F2N2O/c1-4-2-5(12-11-4)3-6(10)7(8)9/h2,6-7H,3,10H2,1H3. The molecule has 0 aromatic carbocycles. The van der Waals surface area contributed by atoms with E-state index in [9.17, 15) is 8.78 Å². The highest BCUT2D eigenvalue weighted by Gasteiger charge is 2.17. The molecule has 12 heavy (non-hydrogen) atoms. The van der Waals surface area contributed by atoms with Crippen LogP contribution >= 0.6 is 0 Å². The van der Waals surface area contributed by atoms with Crippen LogP contribution in [0.1, 0.15) is 11.5 Å². The van der Waals surface area contributed by atoms with E-state index in [4.69, 9.17) is 10.3 Å². The summed E-state index contributed by atoms with van der Waals surface area (Å²) in [4.78, 5) is 0. The number of rotatable bonds is 3. The first-order valence-electron chi connectivity index (χ1n) is 3.55. The Morgan fingerprint density at radius 3 is 2.75 bits per heavy atom. The normalized spacial score (nSPS) is 13.8. The third-order valence-corrected chi connectivity index (χ3v) is 1.44. The number of halogens is 2. The van der Waals surface area contributed by atoms with E-state index < -0.39 is 12.5 Å². The molecule has 1 unspecified atom stereocenters. The van der Waals surface area contributed by atoms with E-state index in [-0.39, 0.29) is 6.42 Å². The third kappa shape index (κ3) is 2.27. The van der Waals surface area contributed by atoms with Crippen molar-refractivity contribution in [3.8, 4) is 0 Å².